The van der Waals surface area contributed by atoms with Crippen LogP contribution >= 0.6 is 12.6 Å². The molecule has 1 aliphatic rings. The van der Waals surface area contributed by atoms with E-state index in [-0.39, 0.29) is 24.1 Å². The second kappa shape index (κ2) is 4.52. The van der Waals surface area contributed by atoms with Gasteiger partial charge in [0.05, 0.1) is 6.42 Å². The summed E-state index contributed by atoms with van der Waals surface area (Å²) in [7, 11) is 0. The molecule has 7 heteroatoms. The molecule has 0 saturated carbocycles. The summed E-state index contributed by atoms with van der Waals surface area (Å²) in [6, 6.07) is -1.29. The van der Waals surface area contributed by atoms with Crippen molar-refractivity contribution in [2.75, 3.05) is 6.54 Å². The largest absolute Gasteiger partial charge is 0.481 e. The van der Waals surface area contributed by atoms with Crippen LogP contribution in [0.25, 0.3) is 0 Å². The summed E-state index contributed by atoms with van der Waals surface area (Å²) in [6.07, 6.45) is -0.423. The van der Waals surface area contributed by atoms with Gasteiger partial charge < -0.3 is 15.1 Å². The zero-order valence-corrected chi connectivity index (χ0v) is 8.68. The Kier molecular flexibility index (Phi) is 3.57. The van der Waals surface area contributed by atoms with Crippen molar-refractivity contribution in [2.45, 2.75) is 24.1 Å². The van der Waals surface area contributed by atoms with Gasteiger partial charge in [0.1, 0.15) is 6.04 Å². The molecule has 1 unspecified atom stereocenters. The summed E-state index contributed by atoms with van der Waals surface area (Å²) in [5, 5.41) is 17.1. The van der Waals surface area contributed by atoms with Crippen LogP contribution in [0.2, 0.25) is 0 Å². The molecule has 1 amide bonds. The van der Waals surface area contributed by atoms with Crippen molar-refractivity contribution in [3.8, 4) is 0 Å². The van der Waals surface area contributed by atoms with Crippen LogP contribution in [0.5, 0.6) is 0 Å². The molecule has 6 nitrogen and oxygen atoms in total. The molecule has 0 bridgehead atoms. The Morgan fingerprint density at radius 2 is 2.13 bits per heavy atom. The number of likely N-dealkylation sites (tertiary alicyclic amines) is 1. The molecule has 0 radical (unpaired) electrons. The molecule has 1 saturated heterocycles. The standard InChI is InChI=1S/C8H11NO5S/c10-6-1-4(15)3-9(6)5(8(13)14)2-7(11)12/h4-5,15H,1-3H2,(H,11,12)(H,13,14)/t4?,5-/m0/s1. The third kappa shape index (κ3) is 2.85. The smallest absolute Gasteiger partial charge is 0.327 e. The van der Waals surface area contributed by atoms with E-state index in [2.05, 4.69) is 12.6 Å². The van der Waals surface area contributed by atoms with Crippen LogP contribution in [0, 0.1) is 0 Å². The van der Waals surface area contributed by atoms with Gasteiger partial charge in [0, 0.05) is 18.2 Å². The fourth-order valence-corrected chi connectivity index (χ4v) is 1.84. The SMILES string of the molecule is O=C(O)C[C@@H](C(=O)O)N1CC(S)CC1=O. The Morgan fingerprint density at radius 1 is 1.53 bits per heavy atom. The summed E-state index contributed by atoms with van der Waals surface area (Å²) in [6.45, 7) is 0.187. The average molecular weight is 233 g/mol. The molecule has 2 N–H and O–H groups in total. The number of rotatable bonds is 4. The fourth-order valence-electron chi connectivity index (χ4n) is 1.51. The maximum Gasteiger partial charge on any atom is 0.327 e. The van der Waals surface area contributed by atoms with E-state index in [4.69, 9.17) is 10.2 Å². The van der Waals surface area contributed by atoms with E-state index in [0.29, 0.717) is 0 Å². The zero-order chi connectivity index (χ0) is 11.6. The number of carbonyl (C=O) groups excluding carboxylic acids is 1. The minimum absolute atomic E-state index is 0.159. The molecule has 0 aromatic carbocycles. The second-order valence-corrected chi connectivity index (χ2v) is 4.09. The van der Waals surface area contributed by atoms with E-state index >= 15 is 0 Å². The molecule has 0 aromatic rings. The lowest BCUT2D eigenvalue weighted by Crippen LogP contribution is -2.43. The number of thiol groups is 1. The van der Waals surface area contributed by atoms with Crippen molar-refractivity contribution in [1.29, 1.82) is 0 Å². The summed E-state index contributed by atoms with van der Waals surface area (Å²) in [4.78, 5) is 33.6. The van der Waals surface area contributed by atoms with Gasteiger partial charge in [-0.25, -0.2) is 4.79 Å². The van der Waals surface area contributed by atoms with Gasteiger partial charge >= 0.3 is 11.9 Å². The van der Waals surface area contributed by atoms with Crippen molar-refractivity contribution in [2.24, 2.45) is 0 Å². The van der Waals surface area contributed by atoms with Gasteiger partial charge in [-0.15, -0.1) is 0 Å². The predicted molar refractivity (Wildman–Crippen MR) is 52.8 cm³/mol. The first kappa shape index (κ1) is 11.8. The highest BCUT2D eigenvalue weighted by Crippen LogP contribution is 2.20. The van der Waals surface area contributed by atoms with E-state index in [1.165, 1.54) is 0 Å². The van der Waals surface area contributed by atoms with Crippen LogP contribution in [-0.2, 0) is 14.4 Å². The Morgan fingerprint density at radius 3 is 2.47 bits per heavy atom. The monoisotopic (exact) mass is 233 g/mol. The number of hydrogen-bond donors (Lipinski definition) is 3. The van der Waals surface area contributed by atoms with Gasteiger partial charge in [-0.3, -0.25) is 9.59 Å². The van der Waals surface area contributed by atoms with Crippen LogP contribution in [0.4, 0.5) is 0 Å². The maximum atomic E-state index is 11.3. The quantitative estimate of drug-likeness (QED) is 0.566. The molecule has 0 spiro atoms. The summed E-state index contributed by atoms with van der Waals surface area (Å²) >= 11 is 4.06. The number of hydrogen-bond acceptors (Lipinski definition) is 4. The Bertz CT molecular complexity index is 305. The van der Waals surface area contributed by atoms with Crippen LogP contribution < -0.4 is 0 Å². The highest BCUT2D eigenvalue weighted by molar-refractivity contribution is 7.81. The molecule has 15 heavy (non-hydrogen) atoms. The lowest BCUT2D eigenvalue weighted by Gasteiger charge is -2.22. The van der Waals surface area contributed by atoms with Gasteiger partial charge in [0.15, 0.2) is 0 Å². The van der Waals surface area contributed by atoms with E-state index in [9.17, 15) is 14.4 Å². The molecule has 84 valence electrons. The predicted octanol–water partition coefficient (Wildman–Crippen LogP) is -0.555. The highest BCUT2D eigenvalue weighted by Gasteiger charge is 2.37. The molecule has 1 rings (SSSR count). The van der Waals surface area contributed by atoms with Crippen LogP contribution in [0.1, 0.15) is 12.8 Å². The lowest BCUT2D eigenvalue weighted by molar-refractivity contribution is -0.153. The minimum Gasteiger partial charge on any atom is -0.481 e. The molecule has 1 heterocycles. The average Bonchev–Trinajstić information content (AvgIpc) is 2.40. The van der Waals surface area contributed by atoms with Gasteiger partial charge in [0.2, 0.25) is 5.91 Å². The first-order chi connectivity index (χ1) is 6.91. The Hall–Kier alpha value is -1.24. The molecule has 0 aromatic heterocycles. The van der Waals surface area contributed by atoms with E-state index in [1.54, 1.807) is 0 Å². The first-order valence-electron chi connectivity index (χ1n) is 4.34. The lowest BCUT2D eigenvalue weighted by atomic mass is 10.2. The zero-order valence-electron chi connectivity index (χ0n) is 7.79. The number of carboxylic acid groups (broad SMARTS) is 2. The number of amides is 1. The van der Waals surface area contributed by atoms with Crippen molar-refractivity contribution in [1.82, 2.24) is 4.90 Å². The van der Waals surface area contributed by atoms with Crippen LogP contribution in [0.3, 0.4) is 0 Å². The van der Waals surface area contributed by atoms with Crippen molar-refractivity contribution in [3.63, 3.8) is 0 Å². The summed E-state index contributed by atoms with van der Waals surface area (Å²) < 4.78 is 0. The Labute approximate surface area is 91.3 Å². The van der Waals surface area contributed by atoms with Crippen molar-refractivity contribution < 1.29 is 24.6 Å². The minimum atomic E-state index is -1.30. The topological polar surface area (TPSA) is 94.9 Å². The second-order valence-electron chi connectivity index (χ2n) is 3.36. The molecule has 1 fully saturated rings. The van der Waals surface area contributed by atoms with Crippen LogP contribution in [-0.4, -0.2) is 50.8 Å². The van der Waals surface area contributed by atoms with Gasteiger partial charge in [-0.05, 0) is 0 Å². The van der Waals surface area contributed by atoms with E-state index < -0.39 is 24.4 Å². The fraction of sp³-hybridized carbons (Fsp3) is 0.625. The third-order valence-corrected chi connectivity index (χ3v) is 2.51. The van der Waals surface area contributed by atoms with E-state index in [1.807, 2.05) is 0 Å². The summed E-state index contributed by atoms with van der Waals surface area (Å²) in [5.41, 5.74) is 0. The van der Waals surface area contributed by atoms with E-state index in [0.717, 1.165) is 4.90 Å². The number of carboxylic acids is 2. The third-order valence-electron chi connectivity index (χ3n) is 2.17. The van der Waals surface area contributed by atoms with Crippen molar-refractivity contribution in [3.05, 3.63) is 0 Å². The van der Waals surface area contributed by atoms with Crippen LogP contribution in [0.15, 0.2) is 0 Å². The van der Waals surface area contributed by atoms with Crippen molar-refractivity contribution >= 4 is 30.5 Å². The van der Waals surface area contributed by atoms with Gasteiger partial charge in [-0.2, -0.15) is 12.6 Å². The normalized spacial score (nSPS) is 22.9. The number of aliphatic carboxylic acids is 2. The number of nitrogens with zero attached hydrogens (tertiary/aromatic N) is 1. The first-order valence-corrected chi connectivity index (χ1v) is 4.85. The van der Waals surface area contributed by atoms with Gasteiger partial charge in [-0.1, -0.05) is 0 Å². The molecule has 2 atom stereocenters. The van der Waals surface area contributed by atoms with Gasteiger partial charge in [0.25, 0.3) is 0 Å². The maximum absolute atomic E-state index is 11.3. The molecular weight excluding hydrogens is 222 g/mol. The molecule has 0 aliphatic carbocycles. The highest BCUT2D eigenvalue weighted by atomic mass is 32.1. The summed E-state index contributed by atoms with van der Waals surface area (Å²) in [5.74, 6) is -2.89. The Balaban J connectivity index is 2.76. The number of carbonyl (C=O) groups is 3. The molecule has 1 aliphatic heterocycles. The molecular formula is C8H11NO5S.